The lowest BCUT2D eigenvalue weighted by Gasteiger charge is -2.13. The van der Waals surface area contributed by atoms with Gasteiger partial charge in [-0.15, -0.1) is 0 Å². The molecule has 0 spiro atoms. The van der Waals surface area contributed by atoms with Crippen molar-refractivity contribution in [3.8, 4) is 22.5 Å². The van der Waals surface area contributed by atoms with Crippen LogP contribution in [0.2, 0.25) is 0 Å². The largest absolute Gasteiger partial charge is 0.383 e. The first-order valence-corrected chi connectivity index (χ1v) is 12.0. The molecule has 1 amide bonds. The molecule has 34 heavy (non-hydrogen) atoms. The van der Waals surface area contributed by atoms with Crippen LogP contribution in [0.1, 0.15) is 5.56 Å². The maximum atomic E-state index is 13.6. The van der Waals surface area contributed by atoms with E-state index in [0.29, 0.717) is 19.0 Å². The fraction of sp³-hybridized carbons (Fsp3) is 0.192. The molecule has 1 N–H and O–H groups in total. The van der Waals surface area contributed by atoms with E-state index in [1.165, 1.54) is 23.9 Å². The van der Waals surface area contributed by atoms with Crippen molar-refractivity contribution in [3.63, 3.8) is 0 Å². The molecule has 0 bridgehead atoms. The number of carbonyl (C=O) groups is 1. The highest BCUT2D eigenvalue weighted by Crippen LogP contribution is 2.36. The van der Waals surface area contributed by atoms with Gasteiger partial charge in [-0.05, 0) is 48.2 Å². The van der Waals surface area contributed by atoms with Crippen LogP contribution in [0, 0.1) is 5.82 Å². The van der Waals surface area contributed by atoms with Gasteiger partial charge in [-0.2, -0.15) is 0 Å². The summed E-state index contributed by atoms with van der Waals surface area (Å²) in [7, 11) is 1.66. The van der Waals surface area contributed by atoms with Crippen molar-refractivity contribution in [1.82, 2.24) is 14.5 Å². The van der Waals surface area contributed by atoms with Crippen LogP contribution in [0.5, 0.6) is 0 Å². The Balaban J connectivity index is 1.71. The number of aromatic nitrogens is 3. The zero-order valence-corrected chi connectivity index (χ0v) is 19.8. The SMILES string of the molecule is COCCn1c(SC)nc(-c2ccc(F)cc2)c1-c1ccnc(NC(=O)Cc2ccccc2)c1. The Morgan fingerprint density at radius 3 is 2.56 bits per heavy atom. The number of ether oxygens (including phenoxy) is 1. The Kier molecular flexibility index (Phi) is 7.72. The van der Waals surface area contributed by atoms with E-state index in [1.54, 1.807) is 25.4 Å². The quantitative estimate of drug-likeness (QED) is 0.332. The monoisotopic (exact) mass is 476 g/mol. The fourth-order valence-corrected chi connectivity index (χ4v) is 4.28. The normalized spacial score (nSPS) is 10.9. The molecule has 8 heteroatoms. The third-order valence-electron chi connectivity index (χ3n) is 5.26. The van der Waals surface area contributed by atoms with Crippen molar-refractivity contribution >= 4 is 23.5 Å². The lowest BCUT2D eigenvalue weighted by Crippen LogP contribution is -2.15. The molecule has 2 aromatic carbocycles. The van der Waals surface area contributed by atoms with Crippen molar-refractivity contribution in [2.24, 2.45) is 0 Å². The van der Waals surface area contributed by atoms with Crippen molar-refractivity contribution in [2.75, 3.05) is 25.3 Å². The van der Waals surface area contributed by atoms with E-state index in [4.69, 9.17) is 9.72 Å². The van der Waals surface area contributed by atoms with Gasteiger partial charge in [0.1, 0.15) is 11.6 Å². The molecule has 0 radical (unpaired) electrons. The number of amides is 1. The first-order chi connectivity index (χ1) is 16.6. The van der Waals surface area contributed by atoms with E-state index in [0.717, 1.165) is 33.2 Å². The molecular formula is C26H25FN4O2S. The van der Waals surface area contributed by atoms with Gasteiger partial charge in [-0.3, -0.25) is 4.79 Å². The number of pyridine rings is 1. The minimum Gasteiger partial charge on any atom is -0.383 e. The van der Waals surface area contributed by atoms with Gasteiger partial charge in [0.15, 0.2) is 5.16 Å². The molecule has 4 rings (SSSR count). The van der Waals surface area contributed by atoms with Gasteiger partial charge < -0.3 is 14.6 Å². The molecule has 2 aromatic heterocycles. The first kappa shape index (κ1) is 23.7. The van der Waals surface area contributed by atoms with Gasteiger partial charge in [0, 0.05) is 31.0 Å². The smallest absolute Gasteiger partial charge is 0.229 e. The third kappa shape index (κ3) is 5.52. The van der Waals surface area contributed by atoms with Crippen LogP contribution in [-0.2, 0) is 22.5 Å². The highest BCUT2D eigenvalue weighted by Gasteiger charge is 2.20. The average molecular weight is 477 g/mol. The van der Waals surface area contributed by atoms with Gasteiger partial charge >= 0.3 is 0 Å². The summed E-state index contributed by atoms with van der Waals surface area (Å²) in [5.41, 5.74) is 4.15. The summed E-state index contributed by atoms with van der Waals surface area (Å²) in [4.78, 5) is 21.8. The predicted molar refractivity (Wildman–Crippen MR) is 133 cm³/mol. The van der Waals surface area contributed by atoms with Crippen LogP contribution >= 0.6 is 11.8 Å². The number of benzene rings is 2. The number of imidazole rings is 1. The van der Waals surface area contributed by atoms with Crippen LogP contribution in [0.15, 0.2) is 78.1 Å². The van der Waals surface area contributed by atoms with Gasteiger partial charge in [0.05, 0.1) is 24.4 Å². The summed E-state index contributed by atoms with van der Waals surface area (Å²) in [6, 6.07) is 19.6. The third-order valence-corrected chi connectivity index (χ3v) is 5.94. The summed E-state index contributed by atoms with van der Waals surface area (Å²) in [6.45, 7) is 1.10. The predicted octanol–water partition coefficient (Wildman–Crippen LogP) is 5.30. The van der Waals surface area contributed by atoms with Crippen LogP contribution in [0.4, 0.5) is 10.2 Å². The van der Waals surface area contributed by atoms with Gasteiger partial charge in [0.25, 0.3) is 0 Å². The Hall–Kier alpha value is -3.49. The van der Waals surface area contributed by atoms with Crippen LogP contribution < -0.4 is 5.32 Å². The van der Waals surface area contributed by atoms with Gasteiger partial charge in [0.2, 0.25) is 5.91 Å². The maximum absolute atomic E-state index is 13.6. The van der Waals surface area contributed by atoms with Crippen LogP contribution in [0.3, 0.4) is 0 Å². The number of thioether (sulfide) groups is 1. The highest BCUT2D eigenvalue weighted by molar-refractivity contribution is 7.98. The summed E-state index contributed by atoms with van der Waals surface area (Å²) in [5.74, 6) is 0.00233. The topological polar surface area (TPSA) is 69.0 Å². The number of hydrogen-bond donors (Lipinski definition) is 1. The molecule has 0 fully saturated rings. The van der Waals surface area contributed by atoms with E-state index in [-0.39, 0.29) is 18.1 Å². The second-order valence-electron chi connectivity index (χ2n) is 7.59. The molecule has 0 saturated heterocycles. The minimum atomic E-state index is -0.304. The van der Waals surface area contributed by atoms with Crippen molar-refractivity contribution in [2.45, 2.75) is 18.1 Å². The molecule has 6 nitrogen and oxygen atoms in total. The van der Waals surface area contributed by atoms with Crippen LogP contribution in [-0.4, -0.2) is 40.4 Å². The Bertz CT molecular complexity index is 1260. The van der Waals surface area contributed by atoms with Crippen LogP contribution in [0.25, 0.3) is 22.5 Å². The number of hydrogen-bond acceptors (Lipinski definition) is 5. The Labute approximate surface area is 202 Å². The average Bonchev–Trinajstić information content (AvgIpc) is 3.22. The highest BCUT2D eigenvalue weighted by atomic mass is 32.2. The summed E-state index contributed by atoms with van der Waals surface area (Å²) < 4.78 is 21.0. The summed E-state index contributed by atoms with van der Waals surface area (Å²) >= 11 is 1.53. The van der Waals surface area contributed by atoms with Gasteiger partial charge in [-0.25, -0.2) is 14.4 Å². The number of methoxy groups -OCH3 is 1. The van der Waals surface area contributed by atoms with Gasteiger partial charge in [-0.1, -0.05) is 42.1 Å². The lowest BCUT2D eigenvalue weighted by atomic mass is 10.1. The maximum Gasteiger partial charge on any atom is 0.229 e. The van der Waals surface area contributed by atoms with E-state index in [2.05, 4.69) is 14.9 Å². The summed E-state index contributed by atoms with van der Waals surface area (Å²) in [6.07, 6.45) is 3.88. The molecule has 0 aliphatic rings. The molecule has 2 heterocycles. The summed E-state index contributed by atoms with van der Waals surface area (Å²) in [5, 5.41) is 3.71. The molecule has 174 valence electrons. The molecule has 0 saturated carbocycles. The molecular weight excluding hydrogens is 451 g/mol. The Morgan fingerprint density at radius 1 is 1.09 bits per heavy atom. The number of nitrogens with zero attached hydrogens (tertiary/aromatic N) is 3. The molecule has 0 aliphatic carbocycles. The number of rotatable bonds is 9. The number of nitrogens with one attached hydrogen (secondary N) is 1. The van der Waals surface area contributed by atoms with E-state index < -0.39 is 0 Å². The van der Waals surface area contributed by atoms with Crippen molar-refractivity contribution in [1.29, 1.82) is 0 Å². The number of halogens is 1. The van der Waals surface area contributed by atoms with Crippen molar-refractivity contribution < 1.29 is 13.9 Å². The zero-order chi connectivity index (χ0) is 23.9. The molecule has 0 atom stereocenters. The van der Waals surface area contributed by atoms with Crippen molar-refractivity contribution in [3.05, 3.63) is 84.3 Å². The molecule has 0 unspecified atom stereocenters. The second kappa shape index (κ2) is 11.1. The second-order valence-corrected chi connectivity index (χ2v) is 8.36. The minimum absolute atomic E-state index is 0.146. The molecule has 4 aromatic rings. The fourth-order valence-electron chi connectivity index (χ4n) is 3.69. The lowest BCUT2D eigenvalue weighted by molar-refractivity contribution is -0.115. The zero-order valence-electron chi connectivity index (χ0n) is 19.0. The van der Waals surface area contributed by atoms with E-state index >= 15 is 0 Å². The standard InChI is InChI=1S/C26H25FN4O2S/c1-33-15-14-31-25(24(30-26(31)34-2)19-8-10-21(27)11-9-19)20-12-13-28-22(17-20)29-23(32)16-18-6-4-3-5-7-18/h3-13,17H,14-16H2,1-2H3,(H,28,29,32). The van der Waals surface area contributed by atoms with E-state index in [9.17, 15) is 9.18 Å². The first-order valence-electron chi connectivity index (χ1n) is 10.8. The number of carbonyl (C=O) groups excluding carboxylic acids is 1. The molecule has 0 aliphatic heterocycles. The Morgan fingerprint density at radius 2 is 1.85 bits per heavy atom. The number of anilines is 1. The van der Waals surface area contributed by atoms with E-state index in [1.807, 2.05) is 48.7 Å².